The summed E-state index contributed by atoms with van der Waals surface area (Å²) < 4.78 is 0. The number of fused-ring (bicyclic) bond motifs is 1. The van der Waals surface area contributed by atoms with Crippen molar-refractivity contribution in [3.63, 3.8) is 0 Å². The topological polar surface area (TPSA) is 125 Å². The van der Waals surface area contributed by atoms with Gasteiger partial charge in [0.15, 0.2) is 0 Å². The van der Waals surface area contributed by atoms with Gasteiger partial charge in [-0.1, -0.05) is 12.1 Å². The monoisotopic (exact) mass is 360 g/mol. The number of hydrogen-bond donors (Lipinski definition) is 4. The Balaban J connectivity index is 1.69. The Morgan fingerprint density at radius 3 is 2.85 bits per heavy atom. The van der Waals surface area contributed by atoms with Crippen molar-refractivity contribution in [2.75, 3.05) is 6.61 Å². The molecule has 1 unspecified atom stereocenters. The van der Waals surface area contributed by atoms with Gasteiger partial charge in [0.25, 0.3) is 5.91 Å². The average molecular weight is 360 g/mol. The number of nitrogens with one attached hydrogen (secondary N) is 2. The number of aliphatic hydroxyl groups excluding tert-OH is 1. The normalized spacial score (nSPS) is 22.2. The lowest BCUT2D eigenvalue weighted by Crippen LogP contribution is -2.52. The molecule has 2 aliphatic heterocycles. The zero-order chi connectivity index (χ0) is 18.8. The number of nitrogens with zero attached hydrogens (tertiary/aromatic N) is 1. The van der Waals surface area contributed by atoms with Crippen molar-refractivity contribution < 1.29 is 19.5 Å². The predicted molar refractivity (Wildman–Crippen MR) is 93.9 cm³/mol. The summed E-state index contributed by atoms with van der Waals surface area (Å²) in [7, 11) is 0. The van der Waals surface area contributed by atoms with E-state index in [9.17, 15) is 14.4 Å². The summed E-state index contributed by atoms with van der Waals surface area (Å²) >= 11 is 0. The van der Waals surface area contributed by atoms with Crippen molar-refractivity contribution in [3.05, 3.63) is 34.9 Å². The first-order valence-electron chi connectivity index (χ1n) is 8.77. The van der Waals surface area contributed by atoms with Gasteiger partial charge in [0.2, 0.25) is 11.8 Å². The van der Waals surface area contributed by atoms with Gasteiger partial charge in [-0.25, -0.2) is 0 Å². The third-order valence-corrected chi connectivity index (χ3v) is 5.07. The molecule has 1 fully saturated rings. The molecule has 0 bridgehead atoms. The van der Waals surface area contributed by atoms with Gasteiger partial charge in [0, 0.05) is 37.2 Å². The largest absolute Gasteiger partial charge is 0.395 e. The minimum absolute atomic E-state index is 0.0658. The Morgan fingerprint density at radius 1 is 1.38 bits per heavy atom. The Hall–Kier alpha value is -2.29. The Bertz CT molecular complexity index is 736. The molecule has 3 rings (SSSR count). The molecule has 26 heavy (non-hydrogen) atoms. The second kappa shape index (κ2) is 7.53. The van der Waals surface area contributed by atoms with Gasteiger partial charge in [-0.05, 0) is 30.5 Å². The molecular formula is C18H24N4O4. The molecule has 1 saturated heterocycles. The molecule has 0 spiro atoms. The van der Waals surface area contributed by atoms with Crippen LogP contribution in [0.25, 0.3) is 0 Å². The molecule has 8 heteroatoms. The van der Waals surface area contributed by atoms with Crippen LogP contribution in [0.5, 0.6) is 0 Å². The Labute approximate surface area is 151 Å². The molecule has 2 aliphatic rings. The van der Waals surface area contributed by atoms with Crippen LogP contribution in [0.4, 0.5) is 0 Å². The van der Waals surface area contributed by atoms with E-state index in [1.165, 1.54) is 4.90 Å². The minimum atomic E-state index is -0.600. The maximum absolute atomic E-state index is 12.8. The van der Waals surface area contributed by atoms with E-state index in [0.29, 0.717) is 25.1 Å². The molecule has 0 saturated carbocycles. The van der Waals surface area contributed by atoms with Crippen molar-refractivity contribution in [2.24, 2.45) is 5.73 Å². The highest BCUT2D eigenvalue weighted by atomic mass is 16.3. The molecule has 1 aromatic carbocycles. The van der Waals surface area contributed by atoms with Gasteiger partial charge in [-0.3, -0.25) is 19.7 Å². The zero-order valence-corrected chi connectivity index (χ0v) is 14.7. The fraction of sp³-hybridized carbons (Fsp3) is 0.500. The second-order valence-corrected chi connectivity index (χ2v) is 6.91. The van der Waals surface area contributed by atoms with Gasteiger partial charge in [0.05, 0.1) is 6.61 Å². The number of hydrogen-bond acceptors (Lipinski definition) is 6. The van der Waals surface area contributed by atoms with E-state index in [4.69, 9.17) is 10.8 Å². The van der Waals surface area contributed by atoms with E-state index < -0.39 is 11.9 Å². The van der Waals surface area contributed by atoms with Crippen LogP contribution in [0.2, 0.25) is 0 Å². The van der Waals surface area contributed by atoms with Gasteiger partial charge in [0.1, 0.15) is 6.04 Å². The molecule has 5 N–H and O–H groups in total. The molecule has 3 amide bonds. The first-order chi connectivity index (χ1) is 12.4. The van der Waals surface area contributed by atoms with Crippen LogP contribution in [0.15, 0.2) is 18.2 Å². The van der Waals surface area contributed by atoms with Gasteiger partial charge in [-0.15, -0.1) is 0 Å². The van der Waals surface area contributed by atoms with Crippen LogP contribution in [0.1, 0.15) is 41.3 Å². The first kappa shape index (κ1) is 18.5. The third-order valence-electron chi connectivity index (χ3n) is 5.07. The summed E-state index contributed by atoms with van der Waals surface area (Å²) in [5.41, 5.74) is 8.18. The van der Waals surface area contributed by atoms with Crippen molar-refractivity contribution >= 4 is 17.7 Å². The first-order valence-corrected chi connectivity index (χ1v) is 8.77. The van der Waals surface area contributed by atoms with Crippen LogP contribution in [0.3, 0.4) is 0 Å². The summed E-state index contributed by atoms with van der Waals surface area (Å²) in [5.74, 6) is -0.883. The van der Waals surface area contributed by atoms with Gasteiger partial charge in [-0.2, -0.15) is 0 Å². The van der Waals surface area contributed by atoms with E-state index in [1.807, 2.05) is 25.1 Å². The van der Waals surface area contributed by atoms with Crippen molar-refractivity contribution in [3.8, 4) is 0 Å². The number of carbonyl (C=O) groups excluding carboxylic acids is 3. The standard InChI is InChI=1S/C18H24N4O4/c1-10(14(19)9-23)20-7-11-2-3-12-8-22(18(26)13(12)6-11)15-4-5-16(24)21-17(15)25/h2-3,6,10,14-15,20,23H,4-5,7-9,19H2,1H3,(H,21,24,25)/t10-,14+,15?/m0/s1. The summed E-state index contributed by atoms with van der Waals surface area (Å²) in [6.07, 6.45) is 0.601. The van der Waals surface area contributed by atoms with E-state index in [2.05, 4.69) is 10.6 Å². The number of carbonyl (C=O) groups is 3. The highest BCUT2D eigenvalue weighted by Gasteiger charge is 2.39. The minimum Gasteiger partial charge on any atom is -0.395 e. The molecule has 3 atom stereocenters. The summed E-state index contributed by atoms with van der Waals surface area (Å²) in [5, 5.41) is 14.6. The molecule has 0 aliphatic carbocycles. The van der Waals surface area contributed by atoms with Crippen LogP contribution >= 0.6 is 0 Å². The molecule has 0 aromatic heterocycles. The molecule has 2 heterocycles. The van der Waals surface area contributed by atoms with Crippen LogP contribution < -0.4 is 16.4 Å². The average Bonchev–Trinajstić information content (AvgIpc) is 2.95. The van der Waals surface area contributed by atoms with E-state index in [-0.39, 0.29) is 36.9 Å². The molecule has 1 aromatic rings. The summed E-state index contributed by atoms with van der Waals surface area (Å²) in [6.45, 7) is 2.69. The van der Waals surface area contributed by atoms with Crippen LogP contribution in [-0.4, -0.2) is 52.5 Å². The fourth-order valence-corrected chi connectivity index (χ4v) is 3.30. The van der Waals surface area contributed by atoms with Crippen LogP contribution in [-0.2, 0) is 22.7 Å². The van der Waals surface area contributed by atoms with Gasteiger partial charge < -0.3 is 21.1 Å². The number of amides is 3. The summed E-state index contributed by atoms with van der Waals surface area (Å²) in [4.78, 5) is 37.7. The molecular weight excluding hydrogens is 336 g/mol. The maximum Gasteiger partial charge on any atom is 0.255 e. The summed E-state index contributed by atoms with van der Waals surface area (Å²) in [6, 6.07) is 4.64. The van der Waals surface area contributed by atoms with Crippen molar-refractivity contribution in [2.45, 2.75) is 51.0 Å². The number of rotatable bonds is 6. The molecule has 8 nitrogen and oxygen atoms in total. The highest BCUT2D eigenvalue weighted by molar-refractivity contribution is 6.05. The fourth-order valence-electron chi connectivity index (χ4n) is 3.30. The van der Waals surface area contributed by atoms with Crippen molar-refractivity contribution in [1.29, 1.82) is 0 Å². The maximum atomic E-state index is 12.8. The van der Waals surface area contributed by atoms with Crippen LogP contribution in [0, 0.1) is 0 Å². The smallest absolute Gasteiger partial charge is 0.255 e. The number of benzene rings is 1. The molecule has 140 valence electrons. The number of nitrogens with two attached hydrogens (primary N) is 1. The highest BCUT2D eigenvalue weighted by Crippen LogP contribution is 2.28. The second-order valence-electron chi connectivity index (χ2n) is 6.91. The third kappa shape index (κ3) is 3.62. The van der Waals surface area contributed by atoms with E-state index >= 15 is 0 Å². The Morgan fingerprint density at radius 2 is 2.15 bits per heavy atom. The lowest BCUT2D eigenvalue weighted by molar-refractivity contribution is -0.136. The van der Waals surface area contributed by atoms with E-state index in [0.717, 1.165) is 11.1 Å². The Kier molecular flexibility index (Phi) is 5.36. The van der Waals surface area contributed by atoms with E-state index in [1.54, 1.807) is 0 Å². The lowest BCUT2D eigenvalue weighted by Gasteiger charge is -2.29. The SMILES string of the molecule is C[C@H](NCc1ccc2c(c1)C(=O)N(C1CCC(=O)NC1=O)C2)[C@H](N)CO. The number of aliphatic hydroxyl groups is 1. The number of imide groups is 1. The molecule has 0 radical (unpaired) electrons. The number of piperidine rings is 1. The van der Waals surface area contributed by atoms with Crippen molar-refractivity contribution in [1.82, 2.24) is 15.5 Å². The zero-order valence-electron chi connectivity index (χ0n) is 14.7. The lowest BCUT2D eigenvalue weighted by atomic mass is 10.0. The van der Waals surface area contributed by atoms with Gasteiger partial charge >= 0.3 is 0 Å². The predicted octanol–water partition coefficient (Wildman–Crippen LogP) is -0.755. The quantitative estimate of drug-likeness (QED) is 0.495.